The highest BCUT2D eigenvalue weighted by molar-refractivity contribution is 5.96. The zero-order chi connectivity index (χ0) is 12.1. The fraction of sp³-hybridized carbons (Fsp3) is 0.273. The molecule has 1 amide bonds. The minimum Gasteiger partial charge on any atom is -0.468 e. The van der Waals surface area contributed by atoms with Gasteiger partial charge in [-0.05, 0) is 18.6 Å². The Labute approximate surface area is 92.4 Å². The summed E-state index contributed by atoms with van der Waals surface area (Å²) in [7, 11) is 1.21. The summed E-state index contributed by atoms with van der Waals surface area (Å²) >= 11 is 0. The number of hydrogen-bond donors (Lipinski definition) is 1. The summed E-state index contributed by atoms with van der Waals surface area (Å²) in [5.74, 6) is -1.79. The molecule has 5 heteroatoms. The van der Waals surface area contributed by atoms with Gasteiger partial charge >= 0.3 is 5.97 Å². The number of amides is 1. The fourth-order valence-electron chi connectivity index (χ4n) is 1.14. The molecule has 86 valence electrons. The van der Waals surface area contributed by atoms with Crippen LogP contribution >= 0.6 is 0 Å². The average molecular weight is 225 g/mol. The Morgan fingerprint density at radius 2 is 2.12 bits per heavy atom. The van der Waals surface area contributed by atoms with Crippen LogP contribution in [0.5, 0.6) is 0 Å². The molecule has 1 rings (SSSR count). The van der Waals surface area contributed by atoms with Crippen LogP contribution in [0.25, 0.3) is 0 Å². The SMILES string of the molecule is COC(=O)CNC(=O)c1cccc(C)c1F. The lowest BCUT2D eigenvalue weighted by atomic mass is 10.1. The number of carbonyl (C=O) groups excluding carboxylic acids is 2. The lowest BCUT2D eigenvalue weighted by molar-refractivity contribution is -0.139. The predicted octanol–water partition coefficient (Wildman–Crippen LogP) is 1.04. The van der Waals surface area contributed by atoms with Gasteiger partial charge in [0.05, 0.1) is 12.7 Å². The van der Waals surface area contributed by atoms with Crippen LogP contribution in [-0.4, -0.2) is 25.5 Å². The second kappa shape index (κ2) is 5.25. The van der Waals surface area contributed by atoms with Crippen molar-refractivity contribution in [3.8, 4) is 0 Å². The van der Waals surface area contributed by atoms with Crippen LogP contribution < -0.4 is 5.32 Å². The van der Waals surface area contributed by atoms with Crippen molar-refractivity contribution in [2.75, 3.05) is 13.7 Å². The van der Waals surface area contributed by atoms with Gasteiger partial charge in [-0.2, -0.15) is 0 Å². The van der Waals surface area contributed by atoms with Crippen LogP contribution in [0.4, 0.5) is 4.39 Å². The van der Waals surface area contributed by atoms with Crippen LogP contribution in [0.1, 0.15) is 15.9 Å². The highest BCUT2D eigenvalue weighted by Crippen LogP contribution is 2.11. The fourth-order valence-corrected chi connectivity index (χ4v) is 1.14. The van der Waals surface area contributed by atoms with Crippen molar-refractivity contribution in [1.82, 2.24) is 5.32 Å². The molecule has 1 aromatic carbocycles. The Morgan fingerprint density at radius 1 is 1.44 bits per heavy atom. The third-order valence-corrected chi connectivity index (χ3v) is 2.06. The number of halogens is 1. The van der Waals surface area contributed by atoms with Gasteiger partial charge in [0.2, 0.25) is 0 Å². The Balaban J connectivity index is 2.74. The molecule has 0 saturated heterocycles. The van der Waals surface area contributed by atoms with Crippen LogP contribution in [0.2, 0.25) is 0 Å². The summed E-state index contributed by atoms with van der Waals surface area (Å²) in [4.78, 5) is 22.2. The summed E-state index contributed by atoms with van der Waals surface area (Å²) in [6.45, 7) is 1.29. The zero-order valence-electron chi connectivity index (χ0n) is 9.04. The van der Waals surface area contributed by atoms with Crippen LogP contribution in [0, 0.1) is 12.7 Å². The second-order valence-corrected chi connectivity index (χ2v) is 3.20. The molecule has 16 heavy (non-hydrogen) atoms. The maximum Gasteiger partial charge on any atom is 0.325 e. The van der Waals surface area contributed by atoms with Crippen molar-refractivity contribution in [3.63, 3.8) is 0 Å². The summed E-state index contributed by atoms with van der Waals surface area (Å²) in [6, 6.07) is 4.49. The van der Waals surface area contributed by atoms with Gasteiger partial charge in [-0.3, -0.25) is 9.59 Å². The number of esters is 1. The molecular formula is C11H12FNO3. The maximum atomic E-state index is 13.5. The third-order valence-electron chi connectivity index (χ3n) is 2.06. The molecular weight excluding hydrogens is 213 g/mol. The Kier molecular flexibility index (Phi) is 3.99. The minimum absolute atomic E-state index is 0.0797. The standard InChI is InChI=1S/C11H12FNO3/c1-7-4-3-5-8(10(7)12)11(15)13-6-9(14)16-2/h3-5H,6H2,1-2H3,(H,13,15). The maximum absolute atomic E-state index is 13.5. The van der Waals surface area contributed by atoms with Gasteiger partial charge in [0, 0.05) is 0 Å². The van der Waals surface area contributed by atoms with Crippen LogP contribution in [0.3, 0.4) is 0 Å². The number of carbonyl (C=O) groups is 2. The van der Waals surface area contributed by atoms with Crippen molar-refractivity contribution in [2.24, 2.45) is 0 Å². The number of ether oxygens (including phenoxy) is 1. The number of hydrogen-bond acceptors (Lipinski definition) is 3. The van der Waals surface area contributed by atoms with Gasteiger partial charge in [0.15, 0.2) is 0 Å². The van der Waals surface area contributed by atoms with E-state index in [0.29, 0.717) is 5.56 Å². The van der Waals surface area contributed by atoms with E-state index in [-0.39, 0.29) is 12.1 Å². The summed E-state index contributed by atoms with van der Waals surface area (Å²) in [6.07, 6.45) is 0. The lowest BCUT2D eigenvalue weighted by Crippen LogP contribution is -2.30. The molecule has 0 atom stereocenters. The van der Waals surface area contributed by atoms with E-state index in [4.69, 9.17) is 0 Å². The zero-order valence-corrected chi connectivity index (χ0v) is 9.04. The van der Waals surface area contributed by atoms with E-state index in [1.807, 2.05) is 0 Å². The van der Waals surface area contributed by atoms with Gasteiger partial charge in [-0.15, -0.1) is 0 Å². The quantitative estimate of drug-likeness (QED) is 0.782. The molecule has 0 aliphatic carbocycles. The highest BCUT2D eigenvalue weighted by Gasteiger charge is 2.13. The number of benzene rings is 1. The molecule has 0 heterocycles. The van der Waals surface area contributed by atoms with Gasteiger partial charge in [0.25, 0.3) is 5.91 Å². The predicted molar refractivity (Wildman–Crippen MR) is 55.5 cm³/mol. The number of aryl methyl sites for hydroxylation is 1. The van der Waals surface area contributed by atoms with Crippen LogP contribution in [-0.2, 0) is 9.53 Å². The van der Waals surface area contributed by atoms with Crippen molar-refractivity contribution in [3.05, 3.63) is 35.1 Å². The molecule has 0 radical (unpaired) electrons. The summed E-state index contributed by atoms with van der Waals surface area (Å²) < 4.78 is 17.8. The topological polar surface area (TPSA) is 55.4 Å². The number of rotatable bonds is 3. The first kappa shape index (κ1) is 12.2. The largest absolute Gasteiger partial charge is 0.468 e. The van der Waals surface area contributed by atoms with Crippen molar-refractivity contribution < 1.29 is 18.7 Å². The van der Waals surface area contributed by atoms with E-state index in [1.54, 1.807) is 19.1 Å². The van der Waals surface area contributed by atoms with E-state index < -0.39 is 17.7 Å². The van der Waals surface area contributed by atoms with E-state index in [2.05, 4.69) is 10.1 Å². The van der Waals surface area contributed by atoms with Crippen molar-refractivity contribution in [1.29, 1.82) is 0 Å². The van der Waals surface area contributed by atoms with E-state index in [9.17, 15) is 14.0 Å². The monoisotopic (exact) mass is 225 g/mol. The van der Waals surface area contributed by atoms with Gasteiger partial charge < -0.3 is 10.1 Å². The molecule has 0 fully saturated rings. The molecule has 1 N–H and O–H groups in total. The Bertz CT molecular complexity index is 418. The molecule has 0 aliphatic heterocycles. The van der Waals surface area contributed by atoms with Crippen LogP contribution in [0.15, 0.2) is 18.2 Å². The van der Waals surface area contributed by atoms with Gasteiger partial charge in [-0.25, -0.2) is 4.39 Å². The van der Waals surface area contributed by atoms with Gasteiger partial charge in [0.1, 0.15) is 12.4 Å². The first-order valence-electron chi connectivity index (χ1n) is 4.66. The first-order valence-corrected chi connectivity index (χ1v) is 4.66. The number of methoxy groups -OCH3 is 1. The molecule has 1 aromatic rings. The molecule has 0 saturated carbocycles. The average Bonchev–Trinajstić information content (AvgIpc) is 2.29. The third kappa shape index (κ3) is 2.79. The lowest BCUT2D eigenvalue weighted by Gasteiger charge is -2.06. The van der Waals surface area contributed by atoms with Gasteiger partial charge in [-0.1, -0.05) is 12.1 Å². The summed E-state index contributed by atoms with van der Waals surface area (Å²) in [5, 5.41) is 2.26. The summed E-state index contributed by atoms with van der Waals surface area (Å²) in [5.41, 5.74) is 0.301. The molecule has 0 unspecified atom stereocenters. The second-order valence-electron chi connectivity index (χ2n) is 3.20. The number of nitrogens with one attached hydrogen (secondary N) is 1. The molecule has 0 aliphatic rings. The molecule has 0 spiro atoms. The Morgan fingerprint density at radius 3 is 2.75 bits per heavy atom. The van der Waals surface area contributed by atoms with E-state index >= 15 is 0 Å². The van der Waals surface area contributed by atoms with E-state index in [1.165, 1.54) is 13.2 Å². The molecule has 0 aromatic heterocycles. The smallest absolute Gasteiger partial charge is 0.325 e. The normalized spacial score (nSPS) is 9.69. The van der Waals surface area contributed by atoms with Crippen molar-refractivity contribution >= 4 is 11.9 Å². The molecule has 4 nitrogen and oxygen atoms in total. The molecule has 0 bridgehead atoms. The van der Waals surface area contributed by atoms with Crippen molar-refractivity contribution in [2.45, 2.75) is 6.92 Å². The van der Waals surface area contributed by atoms with E-state index in [0.717, 1.165) is 0 Å². The first-order chi connectivity index (χ1) is 7.56. The Hall–Kier alpha value is -1.91. The minimum atomic E-state index is -0.633. The highest BCUT2D eigenvalue weighted by atomic mass is 19.1.